The lowest BCUT2D eigenvalue weighted by Gasteiger charge is -2.31. The van der Waals surface area contributed by atoms with Gasteiger partial charge < -0.3 is 20.3 Å². The minimum absolute atomic E-state index is 0.0393. The van der Waals surface area contributed by atoms with Gasteiger partial charge in [-0.15, -0.1) is 0 Å². The van der Waals surface area contributed by atoms with Crippen LogP contribution in [0.4, 0.5) is 0 Å². The minimum Gasteiger partial charge on any atom is -0.376 e. The third kappa shape index (κ3) is 3.62. The number of nitrogens with zero attached hydrogens (tertiary/aromatic N) is 1. The summed E-state index contributed by atoms with van der Waals surface area (Å²) in [6, 6.07) is 7.65. The summed E-state index contributed by atoms with van der Waals surface area (Å²) in [4.78, 5) is 27.4. The summed E-state index contributed by atoms with van der Waals surface area (Å²) < 4.78 is 5.56. The van der Waals surface area contributed by atoms with Gasteiger partial charge in [-0.25, -0.2) is 0 Å². The maximum absolute atomic E-state index is 13.0. The summed E-state index contributed by atoms with van der Waals surface area (Å²) in [5.41, 5.74) is 2.48. The number of amides is 2. The predicted molar refractivity (Wildman–Crippen MR) is 97.5 cm³/mol. The van der Waals surface area contributed by atoms with E-state index in [9.17, 15) is 9.59 Å². The molecule has 2 fully saturated rings. The highest BCUT2D eigenvalue weighted by Gasteiger charge is 2.38. The Kier molecular flexibility index (Phi) is 5.22. The van der Waals surface area contributed by atoms with Crippen molar-refractivity contribution >= 4 is 11.8 Å². The van der Waals surface area contributed by atoms with Gasteiger partial charge in [0, 0.05) is 26.2 Å². The van der Waals surface area contributed by atoms with Crippen molar-refractivity contribution < 1.29 is 14.3 Å². The van der Waals surface area contributed by atoms with E-state index >= 15 is 0 Å². The molecule has 3 heterocycles. The Labute approximate surface area is 154 Å². The molecule has 3 aliphatic rings. The van der Waals surface area contributed by atoms with Gasteiger partial charge in [-0.1, -0.05) is 24.3 Å². The summed E-state index contributed by atoms with van der Waals surface area (Å²) in [5, 5.41) is 6.34. The van der Waals surface area contributed by atoms with Gasteiger partial charge in [0.1, 0.15) is 6.04 Å². The first-order chi connectivity index (χ1) is 12.7. The lowest BCUT2D eigenvalue weighted by atomic mass is 9.95. The highest BCUT2D eigenvalue weighted by Crippen LogP contribution is 2.23. The highest BCUT2D eigenvalue weighted by atomic mass is 16.5. The molecule has 6 nitrogen and oxygen atoms in total. The van der Waals surface area contributed by atoms with Crippen molar-refractivity contribution in [3.05, 3.63) is 35.4 Å². The van der Waals surface area contributed by atoms with Crippen molar-refractivity contribution in [2.75, 3.05) is 19.7 Å². The van der Waals surface area contributed by atoms with Gasteiger partial charge >= 0.3 is 0 Å². The molecule has 3 atom stereocenters. The number of ether oxygens (including phenoxy) is 1. The standard InChI is InChI=1S/C20H27N3O3/c24-19(22-13-16-7-4-10-26-16)18-8-3-9-23(18)20(25)17-11-14-5-1-2-6-15(14)12-21-17/h1-2,5-6,16-18,21H,3-4,7-13H2,(H,22,24)/t16-,17-,18-/m0/s1. The lowest BCUT2D eigenvalue weighted by Crippen LogP contribution is -2.54. The van der Waals surface area contributed by atoms with Gasteiger partial charge in [0.05, 0.1) is 12.1 Å². The molecule has 1 aromatic rings. The normalized spacial score (nSPS) is 28.0. The third-order valence-electron chi connectivity index (χ3n) is 5.75. The second-order valence-electron chi connectivity index (χ2n) is 7.48. The molecule has 2 N–H and O–H groups in total. The third-order valence-corrected chi connectivity index (χ3v) is 5.75. The fraction of sp³-hybridized carbons (Fsp3) is 0.600. The second kappa shape index (κ2) is 7.76. The van der Waals surface area contributed by atoms with Crippen molar-refractivity contribution in [1.29, 1.82) is 0 Å². The highest BCUT2D eigenvalue weighted by molar-refractivity contribution is 5.90. The Morgan fingerprint density at radius 2 is 2.04 bits per heavy atom. The summed E-state index contributed by atoms with van der Waals surface area (Å²) in [6.07, 6.45) is 4.50. The van der Waals surface area contributed by atoms with E-state index in [1.807, 2.05) is 12.1 Å². The van der Waals surface area contributed by atoms with Crippen molar-refractivity contribution in [3.63, 3.8) is 0 Å². The maximum atomic E-state index is 13.0. The SMILES string of the molecule is O=C(NC[C@@H]1CCCO1)[C@@H]1CCCN1C(=O)[C@@H]1Cc2ccccc2CN1. The summed E-state index contributed by atoms with van der Waals surface area (Å²) in [5.74, 6) is 0.0110. The number of benzene rings is 1. The predicted octanol–water partition coefficient (Wildman–Crippen LogP) is 0.987. The fourth-order valence-electron chi connectivity index (χ4n) is 4.27. The Bertz CT molecular complexity index is 672. The van der Waals surface area contributed by atoms with E-state index in [0.29, 0.717) is 26.1 Å². The molecule has 0 saturated carbocycles. The summed E-state index contributed by atoms with van der Waals surface area (Å²) in [6.45, 7) is 2.70. The molecule has 0 spiro atoms. The number of fused-ring (bicyclic) bond motifs is 1. The lowest BCUT2D eigenvalue weighted by molar-refractivity contribution is -0.140. The van der Waals surface area contributed by atoms with Gasteiger partial charge in [0.25, 0.3) is 0 Å². The van der Waals surface area contributed by atoms with Crippen LogP contribution in [0, 0.1) is 0 Å². The van der Waals surface area contributed by atoms with E-state index in [1.54, 1.807) is 4.90 Å². The Morgan fingerprint density at radius 1 is 1.19 bits per heavy atom. The van der Waals surface area contributed by atoms with Crippen LogP contribution in [0.15, 0.2) is 24.3 Å². The molecule has 0 radical (unpaired) electrons. The zero-order valence-electron chi connectivity index (χ0n) is 15.1. The molecule has 0 bridgehead atoms. The number of hydrogen-bond acceptors (Lipinski definition) is 4. The van der Waals surface area contributed by atoms with E-state index in [0.717, 1.165) is 32.3 Å². The van der Waals surface area contributed by atoms with Crippen LogP contribution in [-0.4, -0.2) is 54.6 Å². The Morgan fingerprint density at radius 3 is 2.85 bits per heavy atom. The van der Waals surface area contributed by atoms with E-state index in [-0.39, 0.29) is 30.0 Å². The smallest absolute Gasteiger partial charge is 0.242 e. The topological polar surface area (TPSA) is 70.7 Å². The van der Waals surface area contributed by atoms with Gasteiger partial charge in [-0.05, 0) is 43.2 Å². The number of carbonyl (C=O) groups is 2. The minimum atomic E-state index is -0.345. The average molecular weight is 357 g/mol. The van der Waals surface area contributed by atoms with Crippen LogP contribution < -0.4 is 10.6 Å². The average Bonchev–Trinajstić information content (AvgIpc) is 3.37. The number of hydrogen-bond donors (Lipinski definition) is 2. The quantitative estimate of drug-likeness (QED) is 0.843. The molecular formula is C20H27N3O3. The molecule has 26 heavy (non-hydrogen) atoms. The first-order valence-corrected chi connectivity index (χ1v) is 9.72. The van der Waals surface area contributed by atoms with Crippen molar-refractivity contribution in [1.82, 2.24) is 15.5 Å². The Balaban J connectivity index is 1.36. The van der Waals surface area contributed by atoms with E-state index < -0.39 is 0 Å². The molecule has 140 valence electrons. The molecule has 0 aliphatic carbocycles. The zero-order valence-corrected chi connectivity index (χ0v) is 15.1. The number of rotatable bonds is 4. The van der Waals surface area contributed by atoms with Crippen LogP contribution in [0.2, 0.25) is 0 Å². The fourth-order valence-corrected chi connectivity index (χ4v) is 4.27. The molecule has 2 saturated heterocycles. The van der Waals surface area contributed by atoms with E-state index in [4.69, 9.17) is 4.74 Å². The van der Waals surface area contributed by atoms with Crippen LogP contribution in [-0.2, 0) is 27.3 Å². The first kappa shape index (κ1) is 17.5. The van der Waals surface area contributed by atoms with Gasteiger partial charge in [0.2, 0.25) is 11.8 Å². The zero-order chi connectivity index (χ0) is 17.9. The van der Waals surface area contributed by atoms with Crippen LogP contribution in [0.5, 0.6) is 0 Å². The van der Waals surface area contributed by atoms with E-state index in [1.165, 1.54) is 11.1 Å². The molecule has 0 aromatic heterocycles. The van der Waals surface area contributed by atoms with Crippen molar-refractivity contribution in [2.45, 2.75) is 56.8 Å². The van der Waals surface area contributed by atoms with Gasteiger partial charge in [-0.2, -0.15) is 0 Å². The summed E-state index contributed by atoms with van der Waals surface area (Å²) in [7, 11) is 0. The molecule has 3 aliphatic heterocycles. The molecular weight excluding hydrogens is 330 g/mol. The number of likely N-dealkylation sites (tertiary alicyclic amines) is 1. The van der Waals surface area contributed by atoms with Crippen molar-refractivity contribution in [2.24, 2.45) is 0 Å². The van der Waals surface area contributed by atoms with Crippen molar-refractivity contribution in [3.8, 4) is 0 Å². The van der Waals surface area contributed by atoms with E-state index in [2.05, 4.69) is 22.8 Å². The molecule has 2 amide bonds. The van der Waals surface area contributed by atoms with Crippen LogP contribution >= 0.6 is 0 Å². The first-order valence-electron chi connectivity index (χ1n) is 9.72. The molecule has 6 heteroatoms. The van der Waals surface area contributed by atoms with Crippen LogP contribution in [0.1, 0.15) is 36.8 Å². The summed E-state index contributed by atoms with van der Waals surface area (Å²) >= 11 is 0. The van der Waals surface area contributed by atoms with Gasteiger partial charge in [-0.3, -0.25) is 9.59 Å². The van der Waals surface area contributed by atoms with Crippen LogP contribution in [0.3, 0.4) is 0 Å². The van der Waals surface area contributed by atoms with Gasteiger partial charge in [0.15, 0.2) is 0 Å². The Hall–Kier alpha value is -1.92. The largest absolute Gasteiger partial charge is 0.376 e. The van der Waals surface area contributed by atoms with Crippen LogP contribution in [0.25, 0.3) is 0 Å². The monoisotopic (exact) mass is 357 g/mol. The molecule has 1 aromatic carbocycles. The molecule has 4 rings (SSSR count). The number of carbonyl (C=O) groups excluding carboxylic acids is 2. The number of nitrogens with one attached hydrogen (secondary N) is 2. The maximum Gasteiger partial charge on any atom is 0.242 e. The second-order valence-corrected chi connectivity index (χ2v) is 7.48. The molecule has 0 unspecified atom stereocenters.